The zero-order chi connectivity index (χ0) is 17.1. The maximum atomic E-state index is 12.3. The Kier molecular flexibility index (Phi) is 5.02. The lowest BCUT2D eigenvalue weighted by Gasteiger charge is -2.13. The number of nitro groups is 1. The molecule has 7 nitrogen and oxygen atoms in total. The summed E-state index contributed by atoms with van der Waals surface area (Å²) in [4.78, 5) is 28.3. The molecule has 0 saturated carbocycles. The van der Waals surface area contributed by atoms with E-state index >= 15 is 0 Å². The lowest BCUT2D eigenvalue weighted by molar-refractivity contribution is -0.384. The molecule has 0 spiro atoms. The molecule has 0 aliphatic carbocycles. The largest absolute Gasteiger partial charge is 0.363 e. The monoisotopic (exact) mass is 354 g/mol. The van der Waals surface area contributed by atoms with Gasteiger partial charge in [0.15, 0.2) is 0 Å². The number of nitro benzene ring substituents is 1. The number of aromatic nitrogens is 1. The summed E-state index contributed by atoms with van der Waals surface area (Å²) in [5.41, 5.74) is 0.253. The highest BCUT2D eigenvalue weighted by atomic mass is 35.5. The number of benzene rings is 1. The van der Waals surface area contributed by atoms with Gasteiger partial charge in [0.2, 0.25) is 0 Å². The second-order valence-corrected chi connectivity index (χ2v) is 5.60. The average molecular weight is 355 g/mol. The number of amides is 1. The number of carbonyl (C=O) groups excluding carboxylic acids is 1. The number of hydrogen-bond acceptors (Lipinski definition) is 5. The van der Waals surface area contributed by atoms with Gasteiger partial charge in [-0.15, -0.1) is 0 Å². The number of hydrogen-bond donors (Lipinski definition) is 1. The minimum atomic E-state index is -0.620. The third-order valence-corrected chi connectivity index (χ3v) is 3.41. The number of nitrogens with one attached hydrogen (secondary N) is 1. The summed E-state index contributed by atoms with van der Waals surface area (Å²) in [5, 5.41) is 13.6. The zero-order valence-corrected chi connectivity index (χ0v) is 13.7. The number of halogens is 2. The van der Waals surface area contributed by atoms with Gasteiger partial charge < -0.3 is 10.2 Å². The van der Waals surface area contributed by atoms with Gasteiger partial charge in [-0.05, 0) is 24.3 Å². The van der Waals surface area contributed by atoms with Gasteiger partial charge >= 0.3 is 0 Å². The molecule has 1 N–H and O–H groups in total. The quantitative estimate of drug-likeness (QED) is 0.514. The number of anilines is 2. The van der Waals surface area contributed by atoms with Crippen LogP contribution in [0.3, 0.4) is 0 Å². The van der Waals surface area contributed by atoms with Crippen LogP contribution in [0, 0.1) is 10.1 Å². The van der Waals surface area contributed by atoms with Crippen LogP contribution in [-0.4, -0.2) is 29.9 Å². The van der Waals surface area contributed by atoms with E-state index in [4.69, 9.17) is 23.2 Å². The summed E-state index contributed by atoms with van der Waals surface area (Å²) >= 11 is 11.6. The molecule has 0 radical (unpaired) electrons. The van der Waals surface area contributed by atoms with Gasteiger partial charge in [-0.25, -0.2) is 4.98 Å². The third kappa shape index (κ3) is 4.08. The smallest absolute Gasteiger partial charge is 0.289 e. The van der Waals surface area contributed by atoms with Crippen LogP contribution in [0.1, 0.15) is 10.4 Å². The Hall–Kier alpha value is -2.38. The molecule has 0 atom stereocenters. The van der Waals surface area contributed by atoms with Crippen molar-refractivity contribution >= 4 is 46.3 Å². The van der Waals surface area contributed by atoms with Gasteiger partial charge in [-0.1, -0.05) is 23.2 Å². The molecule has 120 valence electrons. The molecule has 23 heavy (non-hydrogen) atoms. The molecular formula is C14H12Cl2N4O3. The van der Waals surface area contributed by atoms with E-state index in [1.165, 1.54) is 24.3 Å². The lowest BCUT2D eigenvalue weighted by atomic mass is 10.2. The van der Waals surface area contributed by atoms with E-state index in [2.05, 4.69) is 10.3 Å². The van der Waals surface area contributed by atoms with Crippen molar-refractivity contribution in [1.29, 1.82) is 0 Å². The second-order valence-electron chi connectivity index (χ2n) is 4.81. The van der Waals surface area contributed by atoms with Crippen LogP contribution in [0.2, 0.25) is 10.2 Å². The first kappa shape index (κ1) is 17.0. The van der Waals surface area contributed by atoms with Crippen LogP contribution >= 0.6 is 23.2 Å². The molecule has 1 amide bonds. The SMILES string of the molecule is CN(C)c1cc(C(=O)Nc2ccc(Cl)c([N+](=O)[O-])c2)cc(Cl)n1. The van der Waals surface area contributed by atoms with E-state index in [9.17, 15) is 14.9 Å². The van der Waals surface area contributed by atoms with E-state index < -0.39 is 10.8 Å². The van der Waals surface area contributed by atoms with Crippen molar-refractivity contribution < 1.29 is 9.72 Å². The second kappa shape index (κ2) is 6.80. The normalized spacial score (nSPS) is 10.3. The summed E-state index contributed by atoms with van der Waals surface area (Å²) in [5.74, 6) is 0.0544. The predicted molar refractivity (Wildman–Crippen MR) is 89.6 cm³/mol. The molecule has 2 aromatic rings. The first-order valence-electron chi connectivity index (χ1n) is 6.38. The Morgan fingerprint density at radius 1 is 1.26 bits per heavy atom. The van der Waals surface area contributed by atoms with Crippen LogP contribution in [-0.2, 0) is 0 Å². The third-order valence-electron chi connectivity index (χ3n) is 2.90. The summed E-state index contributed by atoms with van der Waals surface area (Å²) in [6.07, 6.45) is 0. The van der Waals surface area contributed by atoms with E-state index in [0.717, 1.165) is 0 Å². The van der Waals surface area contributed by atoms with Crippen LogP contribution in [0.15, 0.2) is 30.3 Å². The maximum Gasteiger partial charge on any atom is 0.289 e. The molecule has 0 bridgehead atoms. The molecule has 9 heteroatoms. The molecule has 2 rings (SSSR count). The molecule has 1 heterocycles. The van der Waals surface area contributed by atoms with Crippen LogP contribution in [0.4, 0.5) is 17.2 Å². The highest BCUT2D eigenvalue weighted by Gasteiger charge is 2.15. The number of nitrogens with zero attached hydrogens (tertiary/aromatic N) is 3. The predicted octanol–water partition coefficient (Wildman–Crippen LogP) is 3.61. The highest BCUT2D eigenvalue weighted by Crippen LogP contribution is 2.27. The molecular weight excluding hydrogens is 343 g/mol. The molecule has 0 unspecified atom stereocenters. The minimum Gasteiger partial charge on any atom is -0.363 e. The Bertz CT molecular complexity index is 781. The van der Waals surface area contributed by atoms with Crippen molar-refractivity contribution in [1.82, 2.24) is 4.98 Å². The average Bonchev–Trinajstić information content (AvgIpc) is 2.48. The molecule has 1 aromatic carbocycles. The lowest BCUT2D eigenvalue weighted by Crippen LogP contribution is -2.15. The zero-order valence-electron chi connectivity index (χ0n) is 12.2. The van der Waals surface area contributed by atoms with E-state index in [1.807, 2.05) is 0 Å². The first-order chi connectivity index (χ1) is 10.8. The van der Waals surface area contributed by atoms with Gasteiger partial charge in [0.05, 0.1) is 4.92 Å². The summed E-state index contributed by atoms with van der Waals surface area (Å²) in [6, 6.07) is 6.98. The maximum absolute atomic E-state index is 12.3. The van der Waals surface area contributed by atoms with Crippen molar-refractivity contribution in [3.63, 3.8) is 0 Å². The van der Waals surface area contributed by atoms with Gasteiger partial charge in [-0.2, -0.15) is 0 Å². The van der Waals surface area contributed by atoms with Crippen LogP contribution in [0.5, 0.6) is 0 Å². The van der Waals surface area contributed by atoms with Gasteiger partial charge in [0.1, 0.15) is 16.0 Å². The molecule has 0 fully saturated rings. The Balaban J connectivity index is 2.29. The van der Waals surface area contributed by atoms with E-state index in [1.54, 1.807) is 25.1 Å². The van der Waals surface area contributed by atoms with E-state index in [0.29, 0.717) is 5.82 Å². The molecule has 0 aliphatic rings. The first-order valence-corrected chi connectivity index (χ1v) is 7.13. The fourth-order valence-corrected chi connectivity index (χ4v) is 2.17. The standard InChI is InChI=1S/C14H12Cl2N4O3/c1-19(2)13-6-8(5-12(16)18-13)14(21)17-9-3-4-10(15)11(7-9)20(22)23/h3-7H,1-2H3,(H,17,21). The van der Waals surface area contributed by atoms with Crippen molar-refractivity contribution in [2.24, 2.45) is 0 Å². The van der Waals surface area contributed by atoms with Crippen LogP contribution < -0.4 is 10.2 Å². The highest BCUT2D eigenvalue weighted by molar-refractivity contribution is 6.32. The van der Waals surface area contributed by atoms with Crippen molar-refractivity contribution in [3.05, 3.63) is 56.2 Å². The minimum absolute atomic E-state index is 0.00477. The van der Waals surface area contributed by atoms with Gasteiger partial charge in [0.25, 0.3) is 11.6 Å². The molecule has 0 saturated heterocycles. The van der Waals surface area contributed by atoms with Crippen LogP contribution in [0.25, 0.3) is 0 Å². The topological polar surface area (TPSA) is 88.4 Å². The van der Waals surface area contributed by atoms with Crippen molar-refractivity contribution in [2.75, 3.05) is 24.3 Å². The summed E-state index contributed by atoms with van der Waals surface area (Å²) in [7, 11) is 3.53. The molecule has 1 aromatic heterocycles. The van der Waals surface area contributed by atoms with Crippen molar-refractivity contribution in [3.8, 4) is 0 Å². The van der Waals surface area contributed by atoms with Crippen molar-refractivity contribution in [2.45, 2.75) is 0 Å². The Morgan fingerprint density at radius 2 is 1.96 bits per heavy atom. The summed E-state index contributed by atoms with van der Waals surface area (Å²) < 4.78 is 0. The number of carbonyl (C=O) groups is 1. The fourth-order valence-electron chi connectivity index (χ4n) is 1.78. The fraction of sp³-hybridized carbons (Fsp3) is 0.143. The number of pyridine rings is 1. The Labute approximate surface area is 142 Å². The van der Waals surface area contributed by atoms with Gasteiger partial charge in [-0.3, -0.25) is 14.9 Å². The van der Waals surface area contributed by atoms with E-state index in [-0.39, 0.29) is 27.1 Å². The Morgan fingerprint density at radius 3 is 2.57 bits per heavy atom. The summed E-state index contributed by atoms with van der Waals surface area (Å²) in [6.45, 7) is 0. The number of rotatable bonds is 4. The van der Waals surface area contributed by atoms with Gasteiger partial charge in [0, 0.05) is 31.4 Å². The molecule has 0 aliphatic heterocycles.